The van der Waals surface area contributed by atoms with E-state index in [1.165, 1.54) is 27.8 Å². The van der Waals surface area contributed by atoms with Gasteiger partial charge in [-0.1, -0.05) is 24.3 Å². The summed E-state index contributed by atoms with van der Waals surface area (Å²) < 4.78 is 5.36. The normalized spacial score (nSPS) is 12.6. The van der Waals surface area contributed by atoms with Crippen LogP contribution < -0.4 is 5.32 Å². The molecule has 5 rings (SSSR count). The van der Waals surface area contributed by atoms with Crippen LogP contribution in [0.25, 0.3) is 21.5 Å². The highest BCUT2D eigenvalue weighted by molar-refractivity contribution is 7.13. The highest BCUT2D eigenvalue weighted by Crippen LogP contribution is 2.35. The van der Waals surface area contributed by atoms with Gasteiger partial charge < -0.3 is 9.73 Å². The zero-order valence-electron chi connectivity index (χ0n) is 14.0. The van der Waals surface area contributed by atoms with Gasteiger partial charge in [0.1, 0.15) is 0 Å². The first kappa shape index (κ1) is 15.3. The smallest absolute Gasteiger partial charge is 0.230 e. The second-order valence-electron chi connectivity index (χ2n) is 6.46. The van der Waals surface area contributed by atoms with Crippen molar-refractivity contribution in [1.82, 2.24) is 4.98 Å². The number of carbonyl (C=O) groups is 1. The Hall–Kier alpha value is -2.92. The third-order valence-corrected chi connectivity index (χ3v) is 5.68. The van der Waals surface area contributed by atoms with Gasteiger partial charge in [-0.25, -0.2) is 4.98 Å². The number of furan rings is 1. The van der Waals surface area contributed by atoms with E-state index in [0.29, 0.717) is 0 Å². The summed E-state index contributed by atoms with van der Waals surface area (Å²) >= 11 is 1.49. The summed E-state index contributed by atoms with van der Waals surface area (Å²) in [7, 11) is 0. The number of amides is 1. The minimum Gasteiger partial charge on any atom is -0.462 e. The fraction of sp³-hybridized carbons (Fsp3) is 0.143. The van der Waals surface area contributed by atoms with E-state index in [2.05, 4.69) is 34.6 Å². The van der Waals surface area contributed by atoms with E-state index in [9.17, 15) is 4.79 Å². The lowest BCUT2D eigenvalue weighted by atomic mass is 10.0. The predicted molar refractivity (Wildman–Crippen MR) is 104 cm³/mol. The van der Waals surface area contributed by atoms with E-state index in [1.807, 2.05) is 23.6 Å². The van der Waals surface area contributed by atoms with Gasteiger partial charge >= 0.3 is 0 Å². The van der Waals surface area contributed by atoms with Crippen LogP contribution in [0.1, 0.15) is 16.8 Å². The molecule has 4 aromatic rings. The summed E-state index contributed by atoms with van der Waals surface area (Å²) in [6.45, 7) is 0. The number of carbonyl (C=O) groups excluding carboxylic acids is 1. The summed E-state index contributed by atoms with van der Waals surface area (Å²) in [5.41, 5.74) is 4.37. The van der Waals surface area contributed by atoms with E-state index < -0.39 is 0 Å². The summed E-state index contributed by atoms with van der Waals surface area (Å²) in [6.07, 6.45) is 4.04. The van der Waals surface area contributed by atoms with Crippen LogP contribution in [-0.2, 0) is 24.1 Å². The number of hydrogen-bond acceptors (Lipinski definition) is 4. The lowest BCUT2D eigenvalue weighted by Crippen LogP contribution is -2.15. The van der Waals surface area contributed by atoms with Crippen LogP contribution in [0.3, 0.4) is 0 Å². The Kier molecular flexibility index (Phi) is 3.60. The molecular formula is C21H16N2O2S. The molecule has 0 bridgehead atoms. The fourth-order valence-corrected chi connectivity index (χ4v) is 4.40. The van der Waals surface area contributed by atoms with Gasteiger partial charge in [0, 0.05) is 16.5 Å². The minimum absolute atomic E-state index is 0.0556. The molecule has 2 aromatic heterocycles. The summed E-state index contributed by atoms with van der Waals surface area (Å²) in [4.78, 5) is 17.0. The minimum atomic E-state index is -0.0556. The van der Waals surface area contributed by atoms with Gasteiger partial charge in [0.25, 0.3) is 0 Å². The second kappa shape index (κ2) is 6.11. The molecule has 128 valence electrons. The van der Waals surface area contributed by atoms with Gasteiger partial charge in [-0.05, 0) is 47.6 Å². The third kappa shape index (κ3) is 2.61. The number of benzene rings is 2. The topological polar surface area (TPSA) is 55.1 Å². The first-order valence-electron chi connectivity index (χ1n) is 8.59. The van der Waals surface area contributed by atoms with Gasteiger partial charge in [0.05, 0.1) is 18.4 Å². The largest absolute Gasteiger partial charge is 0.462 e. The molecule has 0 aliphatic heterocycles. The van der Waals surface area contributed by atoms with Crippen molar-refractivity contribution < 1.29 is 9.21 Å². The lowest BCUT2D eigenvalue weighted by molar-refractivity contribution is -0.115. The standard InChI is InChI=1S/C21H16N2O2S/c24-19(11-15-12-26-21(22-15)18-5-2-10-25-18)23-17-9-8-14-7-6-13-3-1-4-16(17)20(13)14/h1-5,8-10,12H,6-7,11H2,(H,23,24). The van der Waals surface area contributed by atoms with E-state index >= 15 is 0 Å². The monoisotopic (exact) mass is 360 g/mol. The Morgan fingerprint density at radius 2 is 2.00 bits per heavy atom. The highest BCUT2D eigenvalue weighted by atomic mass is 32.1. The fourth-order valence-electron chi connectivity index (χ4n) is 3.62. The first-order chi connectivity index (χ1) is 12.8. The molecule has 26 heavy (non-hydrogen) atoms. The quantitative estimate of drug-likeness (QED) is 0.567. The van der Waals surface area contributed by atoms with Gasteiger partial charge in [0.15, 0.2) is 10.8 Å². The van der Waals surface area contributed by atoms with Gasteiger partial charge in [-0.2, -0.15) is 0 Å². The zero-order chi connectivity index (χ0) is 17.5. The van der Waals surface area contributed by atoms with Gasteiger partial charge in [-0.3, -0.25) is 4.79 Å². The molecule has 4 nitrogen and oxygen atoms in total. The first-order valence-corrected chi connectivity index (χ1v) is 9.47. The zero-order valence-corrected chi connectivity index (χ0v) is 14.8. The van der Waals surface area contributed by atoms with E-state index in [0.717, 1.165) is 40.4 Å². The van der Waals surface area contributed by atoms with Crippen molar-refractivity contribution in [3.05, 3.63) is 70.9 Å². The Balaban J connectivity index is 1.37. The molecule has 0 atom stereocenters. The van der Waals surface area contributed by atoms with Crippen molar-refractivity contribution in [2.45, 2.75) is 19.3 Å². The molecule has 1 amide bonds. The van der Waals surface area contributed by atoms with Crippen LogP contribution in [0, 0.1) is 0 Å². The van der Waals surface area contributed by atoms with Crippen LogP contribution in [-0.4, -0.2) is 10.9 Å². The van der Waals surface area contributed by atoms with Crippen molar-refractivity contribution in [1.29, 1.82) is 0 Å². The number of aryl methyl sites for hydroxylation is 2. The molecule has 0 spiro atoms. The van der Waals surface area contributed by atoms with Gasteiger partial charge in [0.2, 0.25) is 5.91 Å². The maximum atomic E-state index is 12.5. The van der Waals surface area contributed by atoms with Crippen LogP contribution in [0.2, 0.25) is 0 Å². The molecule has 0 saturated carbocycles. The summed E-state index contributed by atoms with van der Waals surface area (Å²) in [6, 6.07) is 14.2. The maximum Gasteiger partial charge on any atom is 0.230 e. The van der Waals surface area contributed by atoms with Crippen LogP contribution in [0.15, 0.2) is 58.5 Å². The number of aromatic nitrogens is 1. The molecule has 1 aliphatic carbocycles. The second-order valence-corrected chi connectivity index (χ2v) is 7.32. The number of rotatable bonds is 4. The van der Waals surface area contributed by atoms with Crippen LogP contribution >= 0.6 is 11.3 Å². The van der Waals surface area contributed by atoms with Crippen LogP contribution in [0.5, 0.6) is 0 Å². The molecule has 0 radical (unpaired) electrons. The van der Waals surface area contributed by atoms with Crippen molar-refractivity contribution in [2.75, 3.05) is 5.32 Å². The predicted octanol–water partition coefficient (Wildman–Crippen LogP) is 4.84. The molecule has 0 fully saturated rings. The van der Waals surface area contributed by atoms with Crippen molar-refractivity contribution in [2.24, 2.45) is 0 Å². The molecule has 0 unspecified atom stereocenters. The lowest BCUT2D eigenvalue weighted by Gasteiger charge is -2.10. The molecule has 2 heterocycles. The van der Waals surface area contributed by atoms with E-state index in [-0.39, 0.29) is 12.3 Å². The molecule has 1 aliphatic rings. The van der Waals surface area contributed by atoms with Crippen molar-refractivity contribution in [3.63, 3.8) is 0 Å². The molecular weight excluding hydrogens is 344 g/mol. The Morgan fingerprint density at radius 1 is 1.12 bits per heavy atom. The SMILES string of the molecule is O=C(Cc1csc(-c2ccco2)n1)Nc1ccc2c3c(cccc13)CC2. The van der Waals surface area contributed by atoms with E-state index in [4.69, 9.17) is 4.42 Å². The number of nitrogens with one attached hydrogen (secondary N) is 1. The molecule has 2 aromatic carbocycles. The number of anilines is 1. The third-order valence-electron chi connectivity index (χ3n) is 4.78. The number of nitrogens with zero attached hydrogens (tertiary/aromatic N) is 1. The summed E-state index contributed by atoms with van der Waals surface area (Å²) in [5, 5.41) is 8.19. The summed E-state index contributed by atoms with van der Waals surface area (Å²) in [5.74, 6) is 0.675. The molecule has 5 heteroatoms. The van der Waals surface area contributed by atoms with Crippen molar-refractivity contribution in [3.8, 4) is 10.8 Å². The Labute approximate surface area is 154 Å². The highest BCUT2D eigenvalue weighted by Gasteiger charge is 2.17. The maximum absolute atomic E-state index is 12.5. The van der Waals surface area contributed by atoms with Crippen LogP contribution in [0.4, 0.5) is 5.69 Å². The van der Waals surface area contributed by atoms with E-state index in [1.54, 1.807) is 6.26 Å². The van der Waals surface area contributed by atoms with Crippen molar-refractivity contribution >= 4 is 33.7 Å². The average molecular weight is 360 g/mol. The number of thiazole rings is 1. The molecule has 1 N–H and O–H groups in total. The Morgan fingerprint density at radius 3 is 2.85 bits per heavy atom. The van der Waals surface area contributed by atoms with Gasteiger partial charge in [-0.15, -0.1) is 11.3 Å². The number of hydrogen-bond donors (Lipinski definition) is 1. The average Bonchev–Trinajstić information content (AvgIpc) is 3.38. The Bertz CT molecular complexity index is 1100. The molecule has 0 saturated heterocycles.